The molecule has 5 aromatic rings. The molecule has 0 radical (unpaired) electrons. The summed E-state index contributed by atoms with van der Waals surface area (Å²) in [6.45, 7) is 3.04. The number of nitrogens with zero attached hydrogens (tertiary/aromatic N) is 6. The molecule has 32 heavy (non-hydrogen) atoms. The van der Waals surface area contributed by atoms with Crippen molar-refractivity contribution in [1.29, 1.82) is 0 Å². The Morgan fingerprint density at radius 1 is 0.906 bits per heavy atom. The van der Waals surface area contributed by atoms with Crippen molar-refractivity contribution in [2.24, 2.45) is 0 Å². The van der Waals surface area contributed by atoms with Crippen LogP contribution in [0.2, 0.25) is 0 Å². The standard InChI is InChI=1S/C24H22N6S2/c1-3-9-17(10-4-1)18-16-31-22-21(18)23(26-19(25-22)15-29-12-6-2-7-13-29)32-24-28-27-20-11-5-8-14-30(20)24/h1,3-5,8-11,14,16H,2,6-7,12-13,15H2. The van der Waals surface area contributed by atoms with Gasteiger partial charge in [0, 0.05) is 17.1 Å². The van der Waals surface area contributed by atoms with Crippen LogP contribution >= 0.6 is 23.1 Å². The predicted octanol–water partition coefficient (Wildman–Crippen LogP) is 5.54. The molecular weight excluding hydrogens is 436 g/mol. The monoisotopic (exact) mass is 458 g/mol. The topological polar surface area (TPSA) is 59.2 Å². The van der Waals surface area contributed by atoms with Gasteiger partial charge in [-0.05, 0) is 55.4 Å². The van der Waals surface area contributed by atoms with E-state index in [1.807, 2.05) is 34.9 Å². The van der Waals surface area contributed by atoms with E-state index in [0.29, 0.717) is 0 Å². The Morgan fingerprint density at radius 2 is 1.75 bits per heavy atom. The first-order valence-corrected chi connectivity index (χ1v) is 12.6. The molecule has 0 spiro atoms. The lowest BCUT2D eigenvalue weighted by atomic mass is 10.1. The fraction of sp³-hybridized carbons (Fsp3) is 0.250. The van der Waals surface area contributed by atoms with Crippen molar-refractivity contribution in [1.82, 2.24) is 29.5 Å². The predicted molar refractivity (Wildman–Crippen MR) is 129 cm³/mol. The fourth-order valence-electron chi connectivity index (χ4n) is 4.22. The lowest BCUT2D eigenvalue weighted by molar-refractivity contribution is 0.216. The molecule has 0 N–H and O–H groups in total. The minimum Gasteiger partial charge on any atom is -0.296 e. The van der Waals surface area contributed by atoms with Gasteiger partial charge in [0.15, 0.2) is 5.65 Å². The number of hydrogen-bond acceptors (Lipinski definition) is 7. The van der Waals surface area contributed by atoms with Gasteiger partial charge in [0.25, 0.3) is 0 Å². The minimum atomic E-state index is 0.794. The first-order valence-electron chi connectivity index (χ1n) is 10.9. The van der Waals surface area contributed by atoms with Crippen LogP contribution in [0.25, 0.3) is 27.0 Å². The second-order valence-electron chi connectivity index (χ2n) is 7.99. The maximum absolute atomic E-state index is 5.07. The summed E-state index contributed by atoms with van der Waals surface area (Å²) in [5, 5.41) is 13.8. The summed E-state index contributed by atoms with van der Waals surface area (Å²) in [6, 6.07) is 16.4. The Labute approximate surface area is 194 Å². The van der Waals surface area contributed by atoms with Crippen LogP contribution in [-0.2, 0) is 6.54 Å². The zero-order valence-corrected chi connectivity index (χ0v) is 19.1. The minimum absolute atomic E-state index is 0.794. The molecule has 1 aromatic carbocycles. The summed E-state index contributed by atoms with van der Waals surface area (Å²) >= 11 is 3.26. The van der Waals surface area contributed by atoms with Crippen molar-refractivity contribution in [3.63, 3.8) is 0 Å². The van der Waals surface area contributed by atoms with Gasteiger partial charge < -0.3 is 0 Å². The molecule has 0 bridgehead atoms. The van der Waals surface area contributed by atoms with Crippen molar-refractivity contribution in [3.05, 3.63) is 65.9 Å². The number of hydrogen-bond donors (Lipinski definition) is 0. The molecule has 1 saturated heterocycles. The molecule has 8 heteroatoms. The lowest BCUT2D eigenvalue weighted by Gasteiger charge is -2.25. The SMILES string of the molecule is c1ccc(-c2csc3nc(CN4CCCCC4)nc(Sc4nnc5ccccn45)c23)cc1. The van der Waals surface area contributed by atoms with Crippen LogP contribution in [0, 0.1) is 0 Å². The van der Waals surface area contributed by atoms with Crippen LogP contribution in [-0.4, -0.2) is 42.6 Å². The number of benzene rings is 1. The molecule has 1 fully saturated rings. The highest BCUT2D eigenvalue weighted by atomic mass is 32.2. The Kier molecular flexibility index (Phi) is 5.34. The summed E-state index contributed by atoms with van der Waals surface area (Å²) in [5.74, 6) is 0.886. The number of thiophene rings is 1. The lowest BCUT2D eigenvalue weighted by Crippen LogP contribution is -2.29. The molecular formula is C24H22N6S2. The fourth-order valence-corrected chi connectivity index (χ4v) is 6.22. The zero-order chi connectivity index (χ0) is 21.3. The highest BCUT2D eigenvalue weighted by Crippen LogP contribution is 2.40. The van der Waals surface area contributed by atoms with Crippen molar-refractivity contribution < 1.29 is 0 Å². The first kappa shape index (κ1) is 19.8. The van der Waals surface area contributed by atoms with Crippen molar-refractivity contribution in [2.75, 3.05) is 13.1 Å². The third-order valence-corrected chi connectivity index (χ3v) is 7.64. The number of pyridine rings is 1. The smallest absolute Gasteiger partial charge is 0.201 e. The number of aromatic nitrogens is 5. The van der Waals surface area contributed by atoms with Gasteiger partial charge in [-0.15, -0.1) is 21.5 Å². The van der Waals surface area contributed by atoms with Gasteiger partial charge in [-0.25, -0.2) is 9.97 Å². The van der Waals surface area contributed by atoms with E-state index in [0.717, 1.165) is 51.5 Å². The normalized spacial score (nSPS) is 15.0. The van der Waals surface area contributed by atoms with Gasteiger partial charge >= 0.3 is 0 Å². The van der Waals surface area contributed by atoms with Crippen molar-refractivity contribution in [3.8, 4) is 11.1 Å². The Balaban J connectivity index is 1.47. The molecule has 0 aliphatic carbocycles. The van der Waals surface area contributed by atoms with Crippen LogP contribution in [0.4, 0.5) is 0 Å². The van der Waals surface area contributed by atoms with Gasteiger partial charge in [-0.2, -0.15) is 0 Å². The maximum Gasteiger partial charge on any atom is 0.201 e. The van der Waals surface area contributed by atoms with E-state index < -0.39 is 0 Å². The molecule has 6 nitrogen and oxygen atoms in total. The van der Waals surface area contributed by atoms with Crippen LogP contribution in [0.5, 0.6) is 0 Å². The quantitative estimate of drug-likeness (QED) is 0.322. The van der Waals surface area contributed by atoms with Gasteiger partial charge in [-0.1, -0.05) is 42.8 Å². The molecule has 4 aromatic heterocycles. The van der Waals surface area contributed by atoms with Crippen molar-refractivity contribution >= 4 is 39.0 Å². The van der Waals surface area contributed by atoms with E-state index >= 15 is 0 Å². The van der Waals surface area contributed by atoms with Crippen LogP contribution in [0.1, 0.15) is 25.1 Å². The van der Waals surface area contributed by atoms with E-state index in [2.05, 4.69) is 44.7 Å². The molecule has 1 aliphatic rings. The number of piperidine rings is 1. The molecule has 0 unspecified atom stereocenters. The first-order chi connectivity index (χ1) is 15.8. The van der Waals surface area contributed by atoms with Crippen LogP contribution < -0.4 is 0 Å². The van der Waals surface area contributed by atoms with Gasteiger partial charge in [-0.3, -0.25) is 9.30 Å². The Bertz CT molecular complexity index is 1370. The van der Waals surface area contributed by atoms with Crippen LogP contribution in [0.15, 0.2) is 70.3 Å². The summed E-state index contributed by atoms with van der Waals surface area (Å²) in [7, 11) is 0. The second-order valence-corrected chi connectivity index (χ2v) is 9.80. The van der Waals surface area contributed by atoms with Crippen LogP contribution in [0.3, 0.4) is 0 Å². The molecule has 0 saturated carbocycles. The number of fused-ring (bicyclic) bond motifs is 2. The Morgan fingerprint density at radius 3 is 2.62 bits per heavy atom. The molecule has 0 atom stereocenters. The molecule has 1 aliphatic heterocycles. The van der Waals surface area contributed by atoms with Gasteiger partial charge in [0.2, 0.25) is 5.16 Å². The highest BCUT2D eigenvalue weighted by molar-refractivity contribution is 7.99. The molecule has 160 valence electrons. The highest BCUT2D eigenvalue weighted by Gasteiger charge is 2.20. The third kappa shape index (κ3) is 3.79. The molecule has 0 amide bonds. The zero-order valence-electron chi connectivity index (χ0n) is 17.5. The maximum atomic E-state index is 5.07. The average molecular weight is 459 g/mol. The molecule has 6 rings (SSSR count). The van der Waals surface area contributed by atoms with E-state index in [4.69, 9.17) is 9.97 Å². The van der Waals surface area contributed by atoms with Crippen molar-refractivity contribution in [2.45, 2.75) is 36.0 Å². The number of likely N-dealkylation sites (tertiary alicyclic amines) is 1. The summed E-state index contributed by atoms with van der Waals surface area (Å²) in [6.07, 6.45) is 5.83. The van der Waals surface area contributed by atoms with E-state index in [1.54, 1.807) is 23.1 Å². The third-order valence-electron chi connectivity index (χ3n) is 5.82. The van der Waals surface area contributed by atoms with E-state index in [9.17, 15) is 0 Å². The largest absolute Gasteiger partial charge is 0.296 e. The average Bonchev–Trinajstić information content (AvgIpc) is 3.45. The second kappa shape index (κ2) is 8.61. The van der Waals surface area contributed by atoms with E-state index in [-0.39, 0.29) is 0 Å². The summed E-state index contributed by atoms with van der Waals surface area (Å²) in [5.41, 5.74) is 3.19. The summed E-state index contributed by atoms with van der Waals surface area (Å²) < 4.78 is 2.01. The van der Waals surface area contributed by atoms with E-state index in [1.165, 1.54) is 30.4 Å². The number of rotatable bonds is 5. The van der Waals surface area contributed by atoms with Gasteiger partial charge in [0.1, 0.15) is 15.7 Å². The Hall–Kier alpha value is -2.81. The van der Waals surface area contributed by atoms with Gasteiger partial charge in [0.05, 0.1) is 11.9 Å². The summed E-state index contributed by atoms with van der Waals surface area (Å²) in [4.78, 5) is 13.5. The molecule has 5 heterocycles.